The standard InChI is InChI=1S/C22H25NO6/c1-15(2)21(26)28-13-12-23-22(27)29-18-10-8-17(9-11-18)20(25)14-19(24)16-6-4-3-5-7-16/h3-11,19-20,24-25H,1,12-14H2,2H3,(H,23,27). The summed E-state index contributed by atoms with van der Waals surface area (Å²) in [5.74, 6) is -0.229. The Morgan fingerprint density at radius 3 is 2.17 bits per heavy atom. The highest BCUT2D eigenvalue weighted by molar-refractivity contribution is 5.86. The molecule has 7 nitrogen and oxygen atoms in total. The number of aliphatic hydroxyl groups is 2. The maximum atomic E-state index is 11.7. The zero-order valence-electron chi connectivity index (χ0n) is 16.2. The molecule has 3 N–H and O–H groups in total. The van der Waals surface area contributed by atoms with Gasteiger partial charge in [-0.1, -0.05) is 49.0 Å². The molecule has 154 valence electrons. The first-order chi connectivity index (χ1) is 13.9. The Morgan fingerprint density at radius 1 is 1.00 bits per heavy atom. The van der Waals surface area contributed by atoms with Gasteiger partial charge in [0.05, 0.1) is 18.8 Å². The molecular formula is C22H25NO6. The number of esters is 1. The lowest BCUT2D eigenvalue weighted by atomic mass is 9.99. The Bertz CT molecular complexity index is 819. The molecule has 0 aliphatic rings. The van der Waals surface area contributed by atoms with Crippen molar-refractivity contribution in [2.45, 2.75) is 25.6 Å². The first kappa shape index (κ1) is 22.1. The maximum Gasteiger partial charge on any atom is 0.412 e. The van der Waals surface area contributed by atoms with Crippen LogP contribution in [0.4, 0.5) is 4.79 Å². The highest BCUT2D eigenvalue weighted by Crippen LogP contribution is 2.27. The lowest BCUT2D eigenvalue weighted by Crippen LogP contribution is -2.30. The number of aliphatic hydroxyl groups excluding tert-OH is 2. The molecule has 0 aliphatic carbocycles. The molecule has 0 heterocycles. The van der Waals surface area contributed by atoms with E-state index in [2.05, 4.69) is 11.9 Å². The van der Waals surface area contributed by atoms with Gasteiger partial charge in [-0.05, 0) is 30.2 Å². The second-order valence-electron chi connectivity index (χ2n) is 6.48. The second kappa shape index (κ2) is 11.0. The largest absolute Gasteiger partial charge is 0.460 e. The summed E-state index contributed by atoms with van der Waals surface area (Å²) in [7, 11) is 0. The molecule has 2 atom stereocenters. The third kappa shape index (κ3) is 7.40. The highest BCUT2D eigenvalue weighted by Gasteiger charge is 2.16. The molecule has 0 fully saturated rings. The number of benzene rings is 2. The van der Waals surface area contributed by atoms with E-state index in [9.17, 15) is 19.8 Å². The third-order valence-corrected chi connectivity index (χ3v) is 4.06. The maximum absolute atomic E-state index is 11.7. The molecule has 2 aromatic carbocycles. The Hall–Kier alpha value is -3.16. The van der Waals surface area contributed by atoms with E-state index in [0.717, 1.165) is 5.56 Å². The summed E-state index contributed by atoms with van der Waals surface area (Å²) in [5, 5.41) is 23.0. The molecule has 29 heavy (non-hydrogen) atoms. The van der Waals surface area contributed by atoms with Crippen molar-refractivity contribution in [1.82, 2.24) is 5.32 Å². The first-order valence-electron chi connectivity index (χ1n) is 9.16. The van der Waals surface area contributed by atoms with Gasteiger partial charge >= 0.3 is 12.1 Å². The molecule has 1 amide bonds. The van der Waals surface area contributed by atoms with Crippen molar-refractivity contribution < 1.29 is 29.3 Å². The molecule has 0 radical (unpaired) electrons. The van der Waals surface area contributed by atoms with E-state index >= 15 is 0 Å². The van der Waals surface area contributed by atoms with Gasteiger partial charge < -0.3 is 25.0 Å². The summed E-state index contributed by atoms with van der Waals surface area (Å²) in [5.41, 5.74) is 1.61. The minimum atomic E-state index is -0.865. The van der Waals surface area contributed by atoms with Gasteiger partial charge in [0.1, 0.15) is 12.4 Å². The van der Waals surface area contributed by atoms with Gasteiger partial charge in [-0.25, -0.2) is 9.59 Å². The quantitative estimate of drug-likeness (QED) is 0.340. The van der Waals surface area contributed by atoms with E-state index in [-0.39, 0.29) is 25.1 Å². The first-order valence-corrected chi connectivity index (χ1v) is 9.16. The lowest BCUT2D eigenvalue weighted by Gasteiger charge is -2.16. The van der Waals surface area contributed by atoms with E-state index < -0.39 is 24.3 Å². The third-order valence-electron chi connectivity index (χ3n) is 4.06. The van der Waals surface area contributed by atoms with E-state index in [0.29, 0.717) is 11.3 Å². The molecule has 0 saturated heterocycles. The van der Waals surface area contributed by atoms with Gasteiger partial charge in [-0.2, -0.15) is 0 Å². The number of hydrogen-bond acceptors (Lipinski definition) is 6. The summed E-state index contributed by atoms with van der Waals surface area (Å²) < 4.78 is 9.97. The average molecular weight is 399 g/mol. The van der Waals surface area contributed by atoms with Crippen LogP contribution in [0, 0.1) is 0 Å². The number of carbonyl (C=O) groups excluding carboxylic acids is 2. The fraction of sp³-hybridized carbons (Fsp3) is 0.273. The van der Waals surface area contributed by atoms with Crippen molar-refractivity contribution in [3.05, 3.63) is 77.9 Å². The number of rotatable bonds is 9. The molecule has 7 heteroatoms. The molecule has 2 rings (SSSR count). The van der Waals surface area contributed by atoms with Crippen molar-refractivity contribution in [3.63, 3.8) is 0 Å². The predicted molar refractivity (Wildman–Crippen MR) is 107 cm³/mol. The van der Waals surface area contributed by atoms with Crippen LogP contribution >= 0.6 is 0 Å². The minimum Gasteiger partial charge on any atom is -0.460 e. The van der Waals surface area contributed by atoms with Crippen LogP contribution in [0.15, 0.2) is 66.7 Å². The predicted octanol–water partition coefficient (Wildman–Crippen LogP) is 3.05. The van der Waals surface area contributed by atoms with Crippen molar-refractivity contribution in [2.75, 3.05) is 13.2 Å². The average Bonchev–Trinajstić information content (AvgIpc) is 2.72. The number of carbonyl (C=O) groups is 2. The van der Waals surface area contributed by atoms with Crippen LogP contribution < -0.4 is 10.1 Å². The molecule has 0 bridgehead atoms. The summed E-state index contributed by atoms with van der Waals surface area (Å²) in [6, 6.07) is 15.5. The SMILES string of the molecule is C=C(C)C(=O)OCCNC(=O)Oc1ccc(C(O)CC(O)c2ccccc2)cc1. The highest BCUT2D eigenvalue weighted by atomic mass is 16.6. The van der Waals surface area contributed by atoms with Crippen LogP contribution in [-0.4, -0.2) is 35.4 Å². The summed E-state index contributed by atoms with van der Waals surface area (Å²) in [6.07, 6.45) is -2.19. The van der Waals surface area contributed by atoms with Gasteiger partial charge in [0, 0.05) is 12.0 Å². The summed E-state index contributed by atoms with van der Waals surface area (Å²) in [4.78, 5) is 22.9. The van der Waals surface area contributed by atoms with Crippen LogP contribution in [0.2, 0.25) is 0 Å². The number of hydrogen-bond donors (Lipinski definition) is 3. The smallest absolute Gasteiger partial charge is 0.412 e. The molecule has 0 aromatic heterocycles. The van der Waals surface area contributed by atoms with Crippen molar-refractivity contribution in [1.29, 1.82) is 0 Å². The van der Waals surface area contributed by atoms with Crippen LogP contribution in [-0.2, 0) is 9.53 Å². The Morgan fingerprint density at radius 2 is 1.59 bits per heavy atom. The zero-order chi connectivity index (χ0) is 21.2. The van der Waals surface area contributed by atoms with Crippen LogP contribution in [0.25, 0.3) is 0 Å². The molecule has 2 aromatic rings. The van der Waals surface area contributed by atoms with Gasteiger partial charge in [0.2, 0.25) is 0 Å². The van der Waals surface area contributed by atoms with E-state index in [1.165, 1.54) is 6.92 Å². The number of nitrogens with one attached hydrogen (secondary N) is 1. The zero-order valence-corrected chi connectivity index (χ0v) is 16.2. The van der Waals surface area contributed by atoms with Gasteiger partial charge in [-0.3, -0.25) is 0 Å². The topological polar surface area (TPSA) is 105 Å². The number of ether oxygens (including phenoxy) is 2. The van der Waals surface area contributed by atoms with E-state index in [1.54, 1.807) is 36.4 Å². The Labute approximate surface area is 169 Å². The van der Waals surface area contributed by atoms with Gasteiger partial charge in [0.15, 0.2) is 0 Å². The summed E-state index contributed by atoms with van der Waals surface area (Å²) in [6.45, 7) is 5.10. The van der Waals surface area contributed by atoms with Crippen molar-refractivity contribution in [2.24, 2.45) is 0 Å². The fourth-order valence-corrected chi connectivity index (χ4v) is 2.48. The summed E-state index contributed by atoms with van der Waals surface area (Å²) >= 11 is 0. The van der Waals surface area contributed by atoms with E-state index in [1.807, 2.05) is 18.2 Å². The molecule has 2 unspecified atom stereocenters. The van der Waals surface area contributed by atoms with Crippen molar-refractivity contribution in [3.8, 4) is 5.75 Å². The Kier molecular flexibility index (Phi) is 8.39. The normalized spacial score (nSPS) is 12.5. The Balaban J connectivity index is 1.78. The van der Waals surface area contributed by atoms with Crippen LogP contribution in [0.1, 0.15) is 36.7 Å². The van der Waals surface area contributed by atoms with Gasteiger partial charge in [-0.15, -0.1) is 0 Å². The minimum absolute atomic E-state index is 0.00959. The van der Waals surface area contributed by atoms with Gasteiger partial charge in [0.25, 0.3) is 0 Å². The lowest BCUT2D eigenvalue weighted by molar-refractivity contribution is -0.138. The van der Waals surface area contributed by atoms with Crippen LogP contribution in [0.3, 0.4) is 0 Å². The van der Waals surface area contributed by atoms with E-state index in [4.69, 9.17) is 9.47 Å². The monoisotopic (exact) mass is 399 g/mol. The number of amides is 1. The second-order valence-corrected chi connectivity index (χ2v) is 6.48. The molecule has 0 spiro atoms. The van der Waals surface area contributed by atoms with Crippen molar-refractivity contribution >= 4 is 12.1 Å². The fourth-order valence-electron chi connectivity index (χ4n) is 2.48. The molecular weight excluding hydrogens is 374 g/mol. The molecule has 0 saturated carbocycles. The molecule has 0 aliphatic heterocycles. The van der Waals surface area contributed by atoms with Crippen LogP contribution in [0.5, 0.6) is 5.75 Å².